The molecule has 1 heterocycles. The Labute approximate surface area is 158 Å². The summed E-state index contributed by atoms with van der Waals surface area (Å²) in [6.45, 7) is 2.60. The molecule has 3 aromatic rings. The van der Waals surface area contributed by atoms with Gasteiger partial charge < -0.3 is 14.8 Å². The van der Waals surface area contributed by atoms with Crippen LogP contribution in [0.15, 0.2) is 60.8 Å². The molecule has 0 aliphatic rings. The molecule has 140 valence electrons. The molecule has 0 spiro atoms. The SMILES string of the molecule is CCc1ccc(Cn2nccc2NC(=O)COc2ccccc2OC)cc1. The van der Waals surface area contributed by atoms with Crippen molar-refractivity contribution < 1.29 is 14.3 Å². The van der Waals surface area contributed by atoms with Crippen LogP contribution in [-0.4, -0.2) is 29.4 Å². The average molecular weight is 365 g/mol. The van der Waals surface area contributed by atoms with Crippen LogP contribution in [0.5, 0.6) is 11.5 Å². The number of aromatic nitrogens is 2. The smallest absolute Gasteiger partial charge is 0.263 e. The van der Waals surface area contributed by atoms with E-state index < -0.39 is 0 Å². The molecule has 2 aromatic carbocycles. The summed E-state index contributed by atoms with van der Waals surface area (Å²) in [5.41, 5.74) is 2.41. The number of carbonyl (C=O) groups excluding carboxylic acids is 1. The first kappa shape index (κ1) is 18.5. The molecule has 1 aromatic heterocycles. The molecule has 0 aliphatic heterocycles. The third-order valence-electron chi connectivity index (χ3n) is 4.18. The Morgan fingerprint density at radius 1 is 1.04 bits per heavy atom. The van der Waals surface area contributed by atoms with Gasteiger partial charge in [-0.2, -0.15) is 5.10 Å². The Kier molecular flexibility index (Phi) is 6.10. The largest absolute Gasteiger partial charge is 0.493 e. The van der Waals surface area contributed by atoms with Gasteiger partial charge in [0, 0.05) is 6.07 Å². The zero-order chi connectivity index (χ0) is 19.1. The predicted molar refractivity (Wildman–Crippen MR) is 104 cm³/mol. The highest BCUT2D eigenvalue weighted by atomic mass is 16.5. The molecular formula is C21H23N3O3. The number of anilines is 1. The Morgan fingerprint density at radius 3 is 2.44 bits per heavy atom. The van der Waals surface area contributed by atoms with E-state index in [4.69, 9.17) is 9.47 Å². The summed E-state index contributed by atoms with van der Waals surface area (Å²) >= 11 is 0. The molecule has 0 saturated carbocycles. The van der Waals surface area contributed by atoms with Crippen molar-refractivity contribution in [3.05, 3.63) is 71.9 Å². The molecule has 1 amide bonds. The second-order valence-electron chi connectivity index (χ2n) is 6.03. The highest BCUT2D eigenvalue weighted by Crippen LogP contribution is 2.25. The molecular weight excluding hydrogens is 342 g/mol. The lowest BCUT2D eigenvalue weighted by atomic mass is 10.1. The van der Waals surface area contributed by atoms with Gasteiger partial charge in [0.1, 0.15) is 5.82 Å². The van der Waals surface area contributed by atoms with Crippen LogP contribution in [-0.2, 0) is 17.8 Å². The topological polar surface area (TPSA) is 65.4 Å². The zero-order valence-corrected chi connectivity index (χ0v) is 15.5. The third-order valence-corrected chi connectivity index (χ3v) is 4.18. The highest BCUT2D eigenvalue weighted by molar-refractivity contribution is 5.91. The average Bonchev–Trinajstić information content (AvgIpc) is 3.13. The Bertz CT molecular complexity index is 888. The van der Waals surface area contributed by atoms with E-state index in [1.807, 2.05) is 12.1 Å². The van der Waals surface area contributed by atoms with Crippen molar-refractivity contribution >= 4 is 11.7 Å². The minimum atomic E-state index is -0.260. The van der Waals surface area contributed by atoms with Gasteiger partial charge in [-0.3, -0.25) is 4.79 Å². The number of hydrogen-bond acceptors (Lipinski definition) is 4. The van der Waals surface area contributed by atoms with Gasteiger partial charge in [-0.1, -0.05) is 43.3 Å². The molecule has 0 atom stereocenters. The van der Waals surface area contributed by atoms with Crippen LogP contribution < -0.4 is 14.8 Å². The molecule has 0 bridgehead atoms. The van der Waals surface area contributed by atoms with E-state index in [-0.39, 0.29) is 12.5 Å². The van der Waals surface area contributed by atoms with E-state index in [9.17, 15) is 4.79 Å². The van der Waals surface area contributed by atoms with Crippen LogP contribution in [0.3, 0.4) is 0 Å². The van der Waals surface area contributed by atoms with Gasteiger partial charge in [0.2, 0.25) is 0 Å². The number of nitrogens with zero attached hydrogens (tertiary/aromatic N) is 2. The molecule has 0 saturated heterocycles. The second kappa shape index (κ2) is 8.89. The summed E-state index contributed by atoms with van der Waals surface area (Å²) in [7, 11) is 1.56. The van der Waals surface area contributed by atoms with Crippen molar-refractivity contribution in [3.8, 4) is 11.5 Å². The quantitative estimate of drug-likeness (QED) is 0.663. The summed E-state index contributed by atoms with van der Waals surface area (Å²) in [5.74, 6) is 1.48. The number of hydrogen-bond donors (Lipinski definition) is 1. The molecule has 6 nitrogen and oxygen atoms in total. The molecule has 1 N–H and O–H groups in total. The summed E-state index contributed by atoms with van der Waals surface area (Å²) < 4.78 is 12.5. The molecule has 6 heteroatoms. The lowest BCUT2D eigenvalue weighted by Crippen LogP contribution is -2.22. The van der Waals surface area contributed by atoms with Crippen molar-refractivity contribution in [1.29, 1.82) is 0 Å². The van der Waals surface area contributed by atoms with Crippen molar-refractivity contribution in [2.75, 3.05) is 19.0 Å². The molecule has 3 rings (SSSR count). The minimum Gasteiger partial charge on any atom is -0.493 e. The summed E-state index contributed by atoms with van der Waals surface area (Å²) in [4.78, 5) is 12.3. The maximum Gasteiger partial charge on any atom is 0.263 e. The molecule has 0 fully saturated rings. The van der Waals surface area contributed by atoms with Crippen molar-refractivity contribution in [1.82, 2.24) is 9.78 Å². The lowest BCUT2D eigenvalue weighted by Gasteiger charge is -2.12. The van der Waals surface area contributed by atoms with Crippen LogP contribution in [0.2, 0.25) is 0 Å². The van der Waals surface area contributed by atoms with E-state index in [0.717, 1.165) is 12.0 Å². The first-order valence-corrected chi connectivity index (χ1v) is 8.85. The number of aryl methyl sites for hydroxylation is 1. The van der Waals surface area contributed by atoms with E-state index >= 15 is 0 Å². The number of benzene rings is 2. The highest BCUT2D eigenvalue weighted by Gasteiger charge is 2.10. The molecule has 27 heavy (non-hydrogen) atoms. The van der Waals surface area contributed by atoms with Crippen molar-refractivity contribution in [3.63, 3.8) is 0 Å². The third kappa shape index (κ3) is 4.88. The monoisotopic (exact) mass is 365 g/mol. The number of methoxy groups -OCH3 is 1. The molecule has 0 radical (unpaired) electrons. The standard InChI is InChI=1S/C21H23N3O3/c1-3-16-8-10-17(11-9-16)14-24-20(12-13-22-24)23-21(25)15-27-19-7-5-4-6-18(19)26-2/h4-13H,3,14-15H2,1-2H3,(H,23,25). The molecule has 0 unspecified atom stereocenters. The lowest BCUT2D eigenvalue weighted by molar-refractivity contribution is -0.118. The zero-order valence-electron chi connectivity index (χ0n) is 15.5. The Balaban J connectivity index is 1.59. The Hall–Kier alpha value is -3.28. The summed E-state index contributed by atoms with van der Waals surface area (Å²) in [6, 6.07) is 17.4. The second-order valence-corrected chi connectivity index (χ2v) is 6.03. The number of rotatable bonds is 8. The number of ether oxygens (including phenoxy) is 2. The Morgan fingerprint density at radius 2 is 1.74 bits per heavy atom. The number of amides is 1. The van der Waals surface area contributed by atoms with Crippen LogP contribution in [0, 0.1) is 0 Å². The van der Waals surface area contributed by atoms with Gasteiger partial charge in [0.25, 0.3) is 5.91 Å². The van der Waals surface area contributed by atoms with Gasteiger partial charge in [0.05, 0.1) is 19.9 Å². The van der Waals surface area contributed by atoms with Crippen LogP contribution in [0.25, 0.3) is 0 Å². The van der Waals surface area contributed by atoms with Crippen LogP contribution in [0.4, 0.5) is 5.82 Å². The maximum atomic E-state index is 12.3. The van der Waals surface area contributed by atoms with Crippen molar-refractivity contribution in [2.24, 2.45) is 0 Å². The first-order chi connectivity index (χ1) is 13.2. The number of nitrogens with one attached hydrogen (secondary N) is 1. The summed E-state index contributed by atoms with van der Waals surface area (Å²) in [6.07, 6.45) is 2.67. The van der Waals surface area contributed by atoms with E-state index in [2.05, 4.69) is 41.6 Å². The van der Waals surface area contributed by atoms with Gasteiger partial charge in [0.15, 0.2) is 18.1 Å². The van der Waals surface area contributed by atoms with E-state index in [1.165, 1.54) is 5.56 Å². The predicted octanol–water partition coefficient (Wildman–Crippen LogP) is 3.52. The van der Waals surface area contributed by atoms with Crippen LogP contribution >= 0.6 is 0 Å². The van der Waals surface area contributed by atoms with Crippen molar-refractivity contribution in [2.45, 2.75) is 19.9 Å². The fourth-order valence-electron chi connectivity index (χ4n) is 2.68. The van der Waals surface area contributed by atoms with Gasteiger partial charge >= 0.3 is 0 Å². The first-order valence-electron chi connectivity index (χ1n) is 8.85. The minimum absolute atomic E-state index is 0.114. The van der Waals surface area contributed by atoms with Crippen LogP contribution in [0.1, 0.15) is 18.1 Å². The summed E-state index contributed by atoms with van der Waals surface area (Å²) in [5, 5.41) is 7.13. The fourth-order valence-corrected chi connectivity index (χ4v) is 2.68. The van der Waals surface area contributed by atoms with Gasteiger partial charge in [-0.25, -0.2) is 4.68 Å². The number of carbonyl (C=O) groups is 1. The van der Waals surface area contributed by atoms with Gasteiger partial charge in [-0.15, -0.1) is 0 Å². The molecule has 0 aliphatic carbocycles. The normalized spacial score (nSPS) is 10.4. The van der Waals surface area contributed by atoms with Gasteiger partial charge in [-0.05, 0) is 29.7 Å². The van der Waals surface area contributed by atoms with E-state index in [0.29, 0.717) is 23.9 Å². The van der Waals surface area contributed by atoms with E-state index in [1.54, 1.807) is 36.2 Å². The fraction of sp³-hybridized carbons (Fsp3) is 0.238. The maximum absolute atomic E-state index is 12.3. The number of para-hydroxylation sites is 2.